The molecule has 1 fully saturated rings. The Balaban J connectivity index is 2.18. The summed E-state index contributed by atoms with van der Waals surface area (Å²) >= 11 is 3.44. The minimum Gasteiger partial charge on any atom is -0.358 e. The normalized spacial score (nSPS) is 20.9. The van der Waals surface area contributed by atoms with E-state index in [9.17, 15) is 4.79 Å². The van der Waals surface area contributed by atoms with Crippen LogP contribution in [0, 0.1) is 0 Å². The lowest BCUT2D eigenvalue weighted by Crippen LogP contribution is -2.26. The van der Waals surface area contributed by atoms with Gasteiger partial charge in [-0.1, -0.05) is 6.07 Å². The number of nitrogens with one attached hydrogen (secondary N) is 1. The number of para-hydroxylation sites is 1. The Morgan fingerprint density at radius 3 is 3.06 bits per heavy atom. The molecule has 90 valence electrons. The van der Waals surface area contributed by atoms with Gasteiger partial charge in [0.2, 0.25) is 0 Å². The first-order chi connectivity index (χ1) is 8.27. The van der Waals surface area contributed by atoms with Crippen LogP contribution in [0.5, 0.6) is 0 Å². The minimum absolute atomic E-state index is 0.0983. The van der Waals surface area contributed by atoms with Crippen LogP contribution in [0.4, 0.5) is 0 Å². The Kier molecular flexibility index (Phi) is 2.80. The van der Waals surface area contributed by atoms with Crippen LogP contribution in [0.2, 0.25) is 0 Å². The molecular formula is C12H13BrN2O2. The van der Waals surface area contributed by atoms with E-state index in [4.69, 9.17) is 4.74 Å². The third-order valence-corrected chi connectivity index (χ3v) is 3.81. The van der Waals surface area contributed by atoms with E-state index in [0.29, 0.717) is 0 Å². The molecule has 0 aliphatic carbocycles. The molecule has 1 N–H and O–H groups in total. The van der Waals surface area contributed by atoms with Crippen LogP contribution in [-0.4, -0.2) is 16.2 Å². The van der Waals surface area contributed by atoms with Crippen molar-refractivity contribution in [3.05, 3.63) is 33.2 Å². The molecule has 1 aromatic carbocycles. The average molecular weight is 297 g/mol. The first-order valence-corrected chi connectivity index (χ1v) is 6.57. The van der Waals surface area contributed by atoms with Crippen LogP contribution in [-0.2, 0) is 4.74 Å². The maximum absolute atomic E-state index is 12.0. The number of hydrogen-bond acceptors (Lipinski definition) is 2. The van der Waals surface area contributed by atoms with Crippen molar-refractivity contribution in [2.45, 2.75) is 25.5 Å². The zero-order valence-electron chi connectivity index (χ0n) is 9.28. The van der Waals surface area contributed by atoms with Gasteiger partial charge in [0.05, 0.1) is 11.0 Å². The van der Waals surface area contributed by atoms with E-state index in [1.165, 1.54) is 0 Å². The summed E-state index contributed by atoms with van der Waals surface area (Å²) in [6, 6.07) is 5.79. The van der Waals surface area contributed by atoms with Crippen LogP contribution in [0.25, 0.3) is 11.0 Å². The number of halogens is 1. The monoisotopic (exact) mass is 296 g/mol. The number of imidazole rings is 1. The molecule has 5 heteroatoms. The fourth-order valence-corrected chi connectivity index (χ4v) is 2.78. The fourth-order valence-electron chi connectivity index (χ4n) is 2.33. The molecular weight excluding hydrogens is 284 g/mol. The highest BCUT2D eigenvalue weighted by molar-refractivity contribution is 9.10. The van der Waals surface area contributed by atoms with Gasteiger partial charge in [-0.05, 0) is 47.3 Å². The Morgan fingerprint density at radius 1 is 1.41 bits per heavy atom. The maximum Gasteiger partial charge on any atom is 0.328 e. The van der Waals surface area contributed by atoms with Gasteiger partial charge in [-0.3, -0.25) is 4.57 Å². The lowest BCUT2D eigenvalue weighted by Gasteiger charge is -2.23. The van der Waals surface area contributed by atoms with Crippen molar-refractivity contribution < 1.29 is 4.74 Å². The molecule has 1 unspecified atom stereocenters. The Hall–Kier alpha value is -1.07. The van der Waals surface area contributed by atoms with Gasteiger partial charge in [0.25, 0.3) is 0 Å². The summed E-state index contributed by atoms with van der Waals surface area (Å²) < 4.78 is 8.30. The number of aromatic nitrogens is 2. The number of benzene rings is 1. The SMILES string of the molecule is O=c1[nH]c2c(Br)cccc2n1C1CCCCO1. The van der Waals surface area contributed by atoms with Gasteiger partial charge in [-0.15, -0.1) is 0 Å². The van der Waals surface area contributed by atoms with Crippen molar-refractivity contribution in [1.29, 1.82) is 0 Å². The molecule has 3 rings (SSSR count). The summed E-state index contributed by atoms with van der Waals surface area (Å²) in [6.07, 6.45) is 2.97. The molecule has 0 spiro atoms. The van der Waals surface area contributed by atoms with Crippen LogP contribution < -0.4 is 5.69 Å². The van der Waals surface area contributed by atoms with Gasteiger partial charge >= 0.3 is 5.69 Å². The smallest absolute Gasteiger partial charge is 0.328 e. The Morgan fingerprint density at radius 2 is 2.29 bits per heavy atom. The summed E-state index contributed by atoms with van der Waals surface area (Å²) in [5, 5.41) is 0. The lowest BCUT2D eigenvalue weighted by atomic mass is 10.2. The number of fused-ring (bicyclic) bond motifs is 1. The summed E-state index contributed by atoms with van der Waals surface area (Å²) in [5.74, 6) is 0. The van der Waals surface area contributed by atoms with Crippen LogP contribution in [0.1, 0.15) is 25.5 Å². The molecule has 4 nitrogen and oxygen atoms in total. The van der Waals surface area contributed by atoms with Gasteiger partial charge < -0.3 is 9.72 Å². The van der Waals surface area contributed by atoms with Crippen molar-refractivity contribution in [3.8, 4) is 0 Å². The number of nitrogens with zero attached hydrogens (tertiary/aromatic N) is 1. The highest BCUT2D eigenvalue weighted by Gasteiger charge is 2.20. The van der Waals surface area contributed by atoms with Crippen molar-refractivity contribution in [3.63, 3.8) is 0 Å². The fraction of sp³-hybridized carbons (Fsp3) is 0.417. The molecule has 0 amide bonds. The van der Waals surface area contributed by atoms with Gasteiger partial charge in [0.15, 0.2) is 0 Å². The standard InChI is InChI=1S/C12H13BrN2O2/c13-8-4-3-5-9-11(8)14-12(16)15(9)10-6-1-2-7-17-10/h3-5,10H,1-2,6-7H2,(H,14,16). The van der Waals surface area contributed by atoms with Crippen molar-refractivity contribution in [2.75, 3.05) is 6.61 Å². The number of ether oxygens (including phenoxy) is 1. The average Bonchev–Trinajstić information content (AvgIpc) is 2.68. The van der Waals surface area contributed by atoms with Crippen LogP contribution in [0.15, 0.2) is 27.5 Å². The predicted molar refractivity (Wildman–Crippen MR) is 69.1 cm³/mol. The van der Waals surface area contributed by atoms with Gasteiger partial charge in [-0.2, -0.15) is 0 Å². The molecule has 2 heterocycles. The van der Waals surface area contributed by atoms with Crippen LogP contribution >= 0.6 is 15.9 Å². The highest BCUT2D eigenvalue weighted by atomic mass is 79.9. The second kappa shape index (κ2) is 4.31. The Bertz CT molecular complexity index is 596. The second-order valence-corrected chi connectivity index (χ2v) is 5.11. The Labute approximate surface area is 107 Å². The zero-order chi connectivity index (χ0) is 11.8. The first kappa shape index (κ1) is 11.0. The lowest BCUT2D eigenvalue weighted by molar-refractivity contribution is -0.0313. The summed E-state index contributed by atoms with van der Waals surface area (Å²) in [7, 11) is 0. The molecule has 2 aromatic rings. The second-order valence-electron chi connectivity index (χ2n) is 4.26. The largest absolute Gasteiger partial charge is 0.358 e. The molecule has 1 aromatic heterocycles. The summed E-state index contributed by atoms with van der Waals surface area (Å²) in [4.78, 5) is 14.9. The van der Waals surface area contributed by atoms with Gasteiger partial charge in [0.1, 0.15) is 6.23 Å². The van der Waals surface area contributed by atoms with Crippen molar-refractivity contribution >= 4 is 27.0 Å². The number of rotatable bonds is 1. The van der Waals surface area contributed by atoms with Crippen molar-refractivity contribution in [1.82, 2.24) is 9.55 Å². The van der Waals surface area contributed by atoms with E-state index in [0.717, 1.165) is 41.4 Å². The number of H-pyrrole nitrogens is 1. The summed E-state index contributed by atoms with van der Waals surface area (Å²) in [6.45, 7) is 0.734. The van der Waals surface area contributed by atoms with E-state index in [1.807, 2.05) is 18.2 Å². The predicted octanol–water partition coefficient (Wildman–Crippen LogP) is 2.79. The molecule has 1 saturated heterocycles. The third kappa shape index (κ3) is 1.83. The zero-order valence-corrected chi connectivity index (χ0v) is 10.9. The first-order valence-electron chi connectivity index (χ1n) is 5.78. The molecule has 17 heavy (non-hydrogen) atoms. The maximum atomic E-state index is 12.0. The van der Waals surface area contributed by atoms with E-state index in [-0.39, 0.29) is 11.9 Å². The molecule has 0 radical (unpaired) electrons. The van der Waals surface area contributed by atoms with Gasteiger partial charge in [0, 0.05) is 11.1 Å². The minimum atomic E-state index is -0.126. The molecule has 1 atom stereocenters. The number of aromatic amines is 1. The van der Waals surface area contributed by atoms with Crippen molar-refractivity contribution in [2.24, 2.45) is 0 Å². The third-order valence-electron chi connectivity index (χ3n) is 3.15. The number of hydrogen-bond donors (Lipinski definition) is 1. The topological polar surface area (TPSA) is 47.0 Å². The van der Waals surface area contributed by atoms with E-state index in [1.54, 1.807) is 4.57 Å². The van der Waals surface area contributed by atoms with E-state index >= 15 is 0 Å². The van der Waals surface area contributed by atoms with E-state index in [2.05, 4.69) is 20.9 Å². The van der Waals surface area contributed by atoms with Gasteiger partial charge in [-0.25, -0.2) is 4.79 Å². The molecule has 0 bridgehead atoms. The summed E-state index contributed by atoms with van der Waals surface area (Å²) in [5.41, 5.74) is 1.64. The molecule has 0 saturated carbocycles. The highest BCUT2D eigenvalue weighted by Crippen LogP contribution is 2.27. The quantitative estimate of drug-likeness (QED) is 0.880. The van der Waals surface area contributed by atoms with E-state index < -0.39 is 0 Å². The molecule has 1 aliphatic heterocycles. The molecule has 1 aliphatic rings. The van der Waals surface area contributed by atoms with Crippen LogP contribution in [0.3, 0.4) is 0 Å².